The van der Waals surface area contributed by atoms with E-state index in [0.717, 1.165) is 32.3 Å². The molecule has 0 aromatic rings. The molecule has 0 N–H and O–H groups in total. The molecule has 2 rings (SSSR count). The van der Waals surface area contributed by atoms with Crippen LogP contribution < -0.4 is 0 Å². The number of carbonyl (C=O) groups excluding carboxylic acids is 1. The summed E-state index contributed by atoms with van der Waals surface area (Å²) in [6.07, 6.45) is 22.6. The second kappa shape index (κ2) is 13.0. The van der Waals surface area contributed by atoms with E-state index in [1.54, 1.807) is 0 Å². The summed E-state index contributed by atoms with van der Waals surface area (Å²) in [5.74, 6) is 0.840. The highest BCUT2D eigenvalue weighted by molar-refractivity contribution is 5.82. The van der Waals surface area contributed by atoms with Crippen molar-refractivity contribution in [3.05, 3.63) is 0 Å². The van der Waals surface area contributed by atoms with E-state index in [1.165, 1.54) is 89.9 Å². The van der Waals surface area contributed by atoms with Crippen LogP contribution >= 0.6 is 0 Å². The Labute approximate surface area is 169 Å². The topological polar surface area (TPSA) is 26.3 Å². The molecule has 27 heavy (non-hydrogen) atoms. The molecule has 2 atom stereocenters. The van der Waals surface area contributed by atoms with Gasteiger partial charge >= 0.3 is 0 Å². The lowest BCUT2D eigenvalue weighted by Gasteiger charge is -2.47. The highest BCUT2D eigenvalue weighted by atomic mass is 16.5. The molecule has 2 unspecified atom stereocenters. The number of hydrogen-bond donors (Lipinski definition) is 0. The van der Waals surface area contributed by atoms with E-state index in [2.05, 4.69) is 13.8 Å². The molecule has 0 heterocycles. The van der Waals surface area contributed by atoms with Gasteiger partial charge in [-0.3, -0.25) is 4.79 Å². The Morgan fingerprint density at radius 3 is 2.26 bits per heavy atom. The standard InChI is InChI=1S/C25H46O2/c1-3-5-6-14-19-24(27-4-2)25(20-15-10-7-11-16-21-25)22-17-12-8-9-13-18-23(22)26/h22,24H,3-21H2,1-2H3. The molecule has 158 valence electrons. The monoisotopic (exact) mass is 378 g/mol. The third-order valence-corrected chi connectivity index (χ3v) is 7.36. The summed E-state index contributed by atoms with van der Waals surface area (Å²) in [6, 6.07) is 0. The molecular weight excluding hydrogens is 332 g/mol. The van der Waals surface area contributed by atoms with Crippen molar-refractivity contribution in [3.8, 4) is 0 Å². The Bertz CT molecular complexity index is 395. The van der Waals surface area contributed by atoms with Gasteiger partial charge in [0, 0.05) is 24.4 Å². The third kappa shape index (κ3) is 6.87. The number of unbranched alkanes of at least 4 members (excludes halogenated alkanes) is 3. The van der Waals surface area contributed by atoms with Gasteiger partial charge in [0.15, 0.2) is 0 Å². The first kappa shape index (κ1) is 22.9. The molecule has 2 aliphatic rings. The van der Waals surface area contributed by atoms with E-state index in [1.807, 2.05) is 0 Å². The van der Waals surface area contributed by atoms with Crippen molar-refractivity contribution in [2.45, 2.75) is 136 Å². The first-order valence-corrected chi connectivity index (χ1v) is 12.4. The van der Waals surface area contributed by atoms with Crippen LogP contribution in [0.3, 0.4) is 0 Å². The second-order valence-electron chi connectivity index (χ2n) is 9.27. The van der Waals surface area contributed by atoms with Gasteiger partial charge in [-0.1, -0.05) is 84.0 Å². The number of hydrogen-bond acceptors (Lipinski definition) is 2. The number of ether oxygens (including phenoxy) is 1. The molecule has 2 nitrogen and oxygen atoms in total. The summed E-state index contributed by atoms with van der Waals surface area (Å²) in [7, 11) is 0. The van der Waals surface area contributed by atoms with Gasteiger partial charge in [-0.05, 0) is 39.0 Å². The predicted molar refractivity (Wildman–Crippen MR) is 115 cm³/mol. The van der Waals surface area contributed by atoms with Crippen molar-refractivity contribution in [3.63, 3.8) is 0 Å². The quantitative estimate of drug-likeness (QED) is 0.385. The maximum atomic E-state index is 13.3. The van der Waals surface area contributed by atoms with Crippen LogP contribution in [0.4, 0.5) is 0 Å². The molecule has 2 heteroatoms. The predicted octanol–water partition coefficient (Wildman–Crippen LogP) is 7.63. The number of rotatable bonds is 9. The van der Waals surface area contributed by atoms with Crippen molar-refractivity contribution in [1.82, 2.24) is 0 Å². The van der Waals surface area contributed by atoms with E-state index >= 15 is 0 Å². The Morgan fingerprint density at radius 2 is 1.56 bits per heavy atom. The summed E-state index contributed by atoms with van der Waals surface area (Å²) < 4.78 is 6.48. The van der Waals surface area contributed by atoms with E-state index in [4.69, 9.17) is 4.74 Å². The molecule has 2 saturated carbocycles. The molecule has 0 saturated heterocycles. The Hall–Kier alpha value is -0.370. The molecule has 0 radical (unpaired) electrons. The molecule has 2 fully saturated rings. The molecule has 0 amide bonds. The minimum absolute atomic E-state index is 0.122. The fraction of sp³-hybridized carbons (Fsp3) is 0.960. The van der Waals surface area contributed by atoms with Crippen molar-refractivity contribution >= 4 is 5.78 Å². The zero-order chi connectivity index (χ0) is 19.4. The Balaban J connectivity index is 2.25. The third-order valence-electron chi connectivity index (χ3n) is 7.36. The van der Waals surface area contributed by atoms with Crippen LogP contribution in [0.15, 0.2) is 0 Å². The van der Waals surface area contributed by atoms with Crippen molar-refractivity contribution < 1.29 is 9.53 Å². The summed E-state index contributed by atoms with van der Waals surface area (Å²) in [5.41, 5.74) is 0.122. The maximum Gasteiger partial charge on any atom is 0.136 e. The van der Waals surface area contributed by atoms with Gasteiger partial charge in [-0.25, -0.2) is 0 Å². The van der Waals surface area contributed by atoms with Gasteiger partial charge in [0.25, 0.3) is 0 Å². The van der Waals surface area contributed by atoms with Crippen LogP contribution in [0, 0.1) is 11.3 Å². The smallest absolute Gasteiger partial charge is 0.136 e. The van der Waals surface area contributed by atoms with Gasteiger partial charge in [0.05, 0.1) is 6.10 Å². The lowest BCUT2D eigenvalue weighted by molar-refractivity contribution is -0.140. The Kier molecular flexibility index (Phi) is 11.0. The van der Waals surface area contributed by atoms with Gasteiger partial charge in [0.2, 0.25) is 0 Å². The summed E-state index contributed by atoms with van der Waals surface area (Å²) in [4.78, 5) is 13.3. The van der Waals surface area contributed by atoms with E-state index in [9.17, 15) is 4.79 Å². The van der Waals surface area contributed by atoms with Crippen LogP contribution in [-0.4, -0.2) is 18.5 Å². The maximum absolute atomic E-state index is 13.3. The van der Waals surface area contributed by atoms with Crippen LogP contribution in [0.1, 0.15) is 129 Å². The van der Waals surface area contributed by atoms with Gasteiger partial charge in [-0.2, -0.15) is 0 Å². The molecule has 0 bridgehead atoms. The molecule has 0 aromatic carbocycles. The molecule has 0 aromatic heterocycles. The van der Waals surface area contributed by atoms with Gasteiger partial charge in [0.1, 0.15) is 5.78 Å². The lowest BCUT2D eigenvalue weighted by atomic mass is 9.60. The van der Waals surface area contributed by atoms with Gasteiger partial charge < -0.3 is 4.74 Å². The van der Waals surface area contributed by atoms with Crippen LogP contribution in [0.2, 0.25) is 0 Å². The fourth-order valence-electron chi connectivity index (χ4n) is 5.90. The summed E-state index contributed by atoms with van der Waals surface area (Å²) in [6.45, 7) is 5.22. The number of carbonyl (C=O) groups is 1. The largest absolute Gasteiger partial charge is 0.378 e. The van der Waals surface area contributed by atoms with Crippen molar-refractivity contribution in [1.29, 1.82) is 0 Å². The first-order valence-electron chi connectivity index (χ1n) is 12.4. The van der Waals surface area contributed by atoms with E-state index < -0.39 is 0 Å². The van der Waals surface area contributed by atoms with Crippen molar-refractivity contribution in [2.75, 3.05) is 6.61 Å². The second-order valence-corrected chi connectivity index (χ2v) is 9.27. The molecule has 0 aliphatic heterocycles. The minimum atomic E-state index is 0.122. The highest BCUT2D eigenvalue weighted by Crippen LogP contribution is 2.49. The normalized spacial score (nSPS) is 25.9. The van der Waals surface area contributed by atoms with Crippen molar-refractivity contribution in [2.24, 2.45) is 11.3 Å². The number of Topliss-reactive ketones (excluding diaryl/α,β-unsaturated/α-hetero) is 1. The highest BCUT2D eigenvalue weighted by Gasteiger charge is 2.47. The SMILES string of the molecule is CCCCCCC(OCC)C1(C2CCCCCCC2=O)CCCCCCC1. The molecule has 2 aliphatic carbocycles. The first-order chi connectivity index (χ1) is 13.2. The van der Waals surface area contributed by atoms with Gasteiger partial charge in [-0.15, -0.1) is 0 Å². The zero-order valence-electron chi connectivity index (χ0n) is 18.4. The fourth-order valence-corrected chi connectivity index (χ4v) is 5.90. The lowest BCUT2D eigenvalue weighted by Crippen LogP contribution is -2.47. The van der Waals surface area contributed by atoms with E-state index in [0.29, 0.717) is 11.9 Å². The minimum Gasteiger partial charge on any atom is -0.378 e. The number of ketones is 1. The molecular formula is C25H46O2. The average molecular weight is 379 g/mol. The summed E-state index contributed by atoms with van der Waals surface area (Å²) in [5, 5.41) is 0. The van der Waals surface area contributed by atoms with Crippen LogP contribution in [0.5, 0.6) is 0 Å². The molecule has 0 spiro atoms. The Morgan fingerprint density at radius 1 is 0.889 bits per heavy atom. The van der Waals surface area contributed by atoms with Crippen LogP contribution in [-0.2, 0) is 9.53 Å². The summed E-state index contributed by atoms with van der Waals surface area (Å²) >= 11 is 0. The average Bonchev–Trinajstić information content (AvgIpc) is 2.63. The van der Waals surface area contributed by atoms with E-state index in [-0.39, 0.29) is 11.3 Å². The zero-order valence-corrected chi connectivity index (χ0v) is 18.4. The van der Waals surface area contributed by atoms with Crippen LogP contribution in [0.25, 0.3) is 0 Å².